The zero-order valence-corrected chi connectivity index (χ0v) is 11.8. The van der Waals surface area contributed by atoms with Gasteiger partial charge in [0, 0.05) is 12.6 Å². The number of benzene rings is 1. The van der Waals surface area contributed by atoms with Crippen molar-refractivity contribution in [3.8, 4) is 0 Å². The molecule has 1 atom stereocenters. The minimum atomic E-state index is 0. The van der Waals surface area contributed by atoms with E-state index < -0.39 is 0 Å². The first-order valence-electron chi connectivity index (χ1n) is 5.47. The van der Waals surface area contributed by atoms with Crippen LogP contribution in [0.15, 0.2) is 35.3 Å². The lowest BCUT2D eigenvalue weighted by atomic mass is 10.2. The van der Waals surface area contributed by atoms with Gasteiger partial charge < -0.3 is 10.6 Å². The van der Waals surface area contributed by atoms with Gasteiger partial charge in [0.2, 0.25) is 0 Å². The summed E-state index contributed by atoms with van der Waals surface area (Å²) in [6.07, 6.45) is 1.13. The number of aliphatic imine (C=N–C) groups is 1. The number of hydrogen-bond acceptors (Lipinski definition) is 3. The van der Waals surface area contributed by atoms with E-state index in [0.717, 1.165) is 25.5 Å². The predicted molar refractivity (Wildman–Crippen MR) is 78.2 cm³/mol. The Kier molecular flexibility index (Phi) is 5.59. The second-order valence-electron chi connectivity index (χ2n) is 3.78. The summed E-state index contributed by atoms with van der Waals surface area (Å²) < 4.78 is 0. The third-order valence-electron chi connectivity index (χ3n) is 2.61. The van der Waals surface area contributed by atoms with Crippen LogP contribution in [0.1, 0.15) is 18.9 Å². The second-order valence-corrected chi connectivity index (χ2v) is 3.78. The van der Waals surface area contributed by atoms with E-state index in [-0.39, 0.29) is 24.0 Å². The Morgan fingerprint density at radius 2 is 2.12 bits per heavy atom. The SMILES string of the molecule is CCC1CN=C(NCc2ccccc2)N1.I. The average molecular weight is 331 g/mol. The summed E-state index contributed by atoms with van der Waals surface area (Å²) in [7, 11) is 0. The summed E-state index contributed by atoms with van der Waals surface area (Å²) in [4.78, 5) is 4.40. The number of hydrogen-bond donors (Lipinski definition) is 2. The van der Waals surface area contributed by atoms with Crippen molar-refractivity contribution in [3.63, 3.8) is 0 Å². The lowest BCUT2D eigenvalue weighted by Crippen LogP contribution is -2.38. The topological polar surface area (TPSA) is 36.4 Å². The van der Waals surface area contributed by atoms with Crippen molar-refractivity contribution in [1.82, 2.24) is 10.6 Å². The highest BCUT2D eigenvalue weighted by Gasteiger charge is 2.14. The highest BCUT2D eigenvalue weighted by molar-refractivity contribution is 14.0. The molecule has 0 radical (unpaired) electrons. The fraction of sp³-hybridized carbons (Fsp3) is 0.417. The molecule has 1 aromatic carbocycles. The summed E-state index contributed by atoms with van der Waals surface area (Å²) in [6.45, 7) is 3.91. The summed E-state index contributed by atoms with van der Waals surface area (Å²) >= 11 is 0. The van der Waals surface area contributed by atoms with Crippen LogP contribution in [0.2, 0.25) is 0 Å². The standard InChI is InChI=1S/C12H17N3.HI/c1-2-11-9-14-12(15-11)13-8-10-6-4-3-5-7-10;/h3-7,11H,2,8-9H2,1H3,(H2,13,14,15);1H. The molecule has 0 aromatic heterocycles. The first-order valence-corrected chi connectivity index (χ1v) is 5.47. The van der Waals surface area contributed by atoms with E-state index in [1.807, 2.05) is 6.07 Å². The Bertz CT molecular complexity index is 337. The van der Waals surface area contributed by atoms with Crippen LogP contribution in [0.4, 0.5) is 0 Å². The minimum absolute atomic E-state index is 0. The first kappa shape index (κ1) is 13.3. The molecular weight excluding hydrogens is 313 g/mol. The molecule has 0 saturated carbocycles. The van der Waals surface area contributed by atoms with Gasteiger partial charge >= 0.3 is 0 Å². The van der Waals surface area contributed by atoms with Gasteiger partial charge in [0.05, 0.1) is 6.54 Å². The van der Waals surface area contributed by atoms with Gasteiger partial charge in [-0.15, -0.1) is 24.0 Å². The van der Waals surface area contributed by atoms with E-state index >= 15 is 0 Å². The molecule has 1 unspecified atom stereocenters. The number of rotatable bonds is 3. The van der Waals surface area contributed by atoms with Crippen LogP contribution in [0.5, 0.6) is 0 Å². The van der Waals surface area contributed by atoms with Gasteiger partial charge in [0.25, 0.3) is 0 Å². The Balaban J connectivity index is 0.00000128. The zero-order valence-electron chi connectivity index (χ0n) is 9.44. The van der Waals surface area contributed by atoms with Crippen LogP contribution >= 0.6 is 24.0 Å². The lowest BCUT2D eigenvalue weighted by molar-refractivity contribution is 0.629. The van der Waals surface area contributed by atoms with Crippen LogP contribution in [-0.4, -0.2) is 18.5 Å². The molecule has 1 aliphatic heterocycles. The molecule has 0 amide bonds. The van der Waals surface area contributed by atoms with Gasteiger partial charge in [0.1, 0.15) is 0 Å². The first-order chi connectivity index (χ1) is 7.38. The maximum absolute atomic E-state index is 4.40. The third-order valence-corrected chi connectivity index (χ3v) is 2.61. The number of halogens is 1. The largest absolute Gasteiger partial charge is 0.352 e. The third kappa shape index (κ3) is 3.66. The molecular formula is C12H18IN3. The summed E-state index contributed by atoms with van der Waals surface area (Å²) in [6, 6.07) is 10.9. The molecule has 88 valence electrons. The van der Waals surface area contributed by atoms with Crippen molar-refractivity contribution in [2.75, 3.05) is 6.54 Å². The molecule has 1 heterocycles. The van der Waals surface area contributed by atoms with E-state index in [1.54, 1.807) is 0 Å². The number of nitrogens with zero attached hydrogens (tertiary/aromatic N) is 1. The zero-order chi connectivity index (χ0) is 10.5. The maximum atomic E-state index is 4.40. The fourth-order valence-electron chi connectivity index (χ4n) is 1.61. The molecule has 0 fully saturated rings. The summed E-state index contributed by atoms with van der Waals surface area (Å²) in [5.74, 6) is 0.936. The molecule has 2 rings (SSSR count). The van der Waals surface area contributed by atoms with Crippen molar-refractivity contribution < 1.29 is 0 Å². The molecule has 1 aromatic rings. The van der Waals surface area contributed by atoms with Gasteiger partial charge in [-0.05, 0) is 12.0 Å². The monoisotopic (exact) mass is 331 g/mol. The van der Waals surface area contributed by atoms with E-state index in [4.69, 9.17) is 0 Å². The second kappa shape index (κ2) is 6.73. The van der Waals surface area contributed by atoms with Crippen LogP contribution < -0.4 is 10.6 Å². The molecule has 1 aliphatic rings. The highest BCUT2D eigenvalue weighted by Crippen LogP contribution is 2.00. The van der Waals surface area contributed by atoms with Crippen molar-refractivity contribution in [3.05, 3.63) is 35.9 Å². The van der Waals surface area contributed by atoms with E-state index in [9.17, 15) is 0 Å². The molecule has 0 bridgehead atoms. The Morgan fingerprint density at radius 1 is 1.38 bits per heavy atom. The Labute approximate surface area is 114 Å². The summed E-state index contributed by atoms with van der Waals surface area (Å²) in [5, 5.41) is 6.65. The quantitative estimate of drug-likeness (QED) is 0.833. The summed E-state index contributed by atoms with van der Waals surface area (Å²) in [5.41, 5.74) is 1.28. The smallest absolute Gasteiger partial charge is 0.191 e. The molecule has 4 heteroatoms. The molecule has 2 N–H and O–H groups in total. The Morgan fingerprint density at radius 3 is 2.75 bits per heavy atom. The highest BCUT2D eigenvalue weighted by atomic mass is 127. The van der Waals surface area contributed by atoms with Gasteiger partial charge in [-0.3, -0.25) is 4.99 Å². The van der Waals surface area contributed by atoms with Gasteiger partial charge in [-0.25, -0.2) is 0 Å². The molecule has 0 spiro atoms. The normalized spacial score (nSPS) is 18.3. The van der Waals surface area contributed by atoms with E-state index in [0.29, 0.717) is 6.04 Å². The van der Waals surface area contributed by atoms with Crippen molar-refractivity contribution in [2.45, 2.75) is 25.9 Å². The molecule has 0 aliphatic carbocycles. The van der Waals surface area contributed by atoms with Crippen molar-refractivity contribution >= 4 is 29.9 Å². The Hall–Kier alpha value is -0.780. The van der Waals surface area contributed by atoms with Crippen molar-refractivity contribution in [1.29, 1.82) is 0 Å². The fourth-order valence-corrected chi connectivity index (χ4v) is 1.61. The average Bonchev–Trinajstić information content (AvgIpc) is 2.76. The lowest BCUT2D eigenvalue weighted by Gasteiger charge is -2.10. The number of guanidine groups is 1. The van der Waals surface area contributed by atoms with E-state index in [1.165, 1.54) is 5.56 Å². The van der Waals surface area contributed by atoms with Crippen LogP contribution in [-0.2, 0) is 6.54 Å². The van der Waals surface area contributed by atoms with Gasteiger partial charge in [-0.1, -0.05) is 37.3 Å². The van der Waals surface area contributed by atoms with Crippen LogP contribution in [0.25, 0.3) is 0 Å². The van der Waals surface area contributed by atoms with Crippen molar-refractivity contribution in [2.24, 2.45) is 4.99 Å². The predicted octanol–water partition coefficient (Wildman–Crippen LogP) is 2.13. The van der Waals surface area contributed by atoms with Gasteiger partial charge in [0.15, 0.2) is 5.96 Å². The van der Waals surface area contributed by atoms with Gasteiger partial charge in [-0.2, -0.15) is 0 Å². The molecule has 0 saturated heterocycles. The minimum Gasteiger partial charge on any atom is -0.352 e. The van der Waals surface area contributed by atoms with Crippen LogP contribution in [0.3, 0.4) is 0 Å². The number of nitrogens with one attached hydrogen (secondary N) is 2. The molecule has 16 heavy (non-hydrogen) atoms. The van der Waals surface area contributed by atoms with E-state index in [2.05, 4.69) is 46.8 Å². The van der Waals surface area contributed by atoms with Crippen LogP contribution in [0, 0.1) is 0 Å². The maximum Gasteiger partial charge on any atom is 0.191 e. The molecule has 3 nitrogen and oxygen atoms in total.